The van der Waals surface area contributed by atoms with Crippen LogP contribution in [0.5, 0.6) is 11.5 Å². The van der Waals surface area contributed by atoms with E-state index in [4.69, 9.17) is 18.9 Å². The van der Waals surface area contributed by atoms with Gasteiger partial charge in [-0.2, -0.15) is 0 Å². The van der Waals surface area contributed by atoms with Gasteiger partial charge in [-0.3, -0.25) is 4.90 Å². The average molecular weight is 640 g/mol. The van der Waals surface area contributed by atoms with Crippen LogP contribution >= 0.6 is 0 Å². The second-order valence-electron chi connectivity index (χ2n) is 11.9. The van der Waals surface area contributed by atoms with Crippen molar-refractivity contribution < 1.29 is 47.8 Å². The predicted octanol–water partition coefficient (Wildman–Crippen LogP) is 2.49. The van der Waals surface area contributed by atoms with Crippen molar-refractivity contribution >= 4 is 5.70 Å². The van der Waals surface area contributed by atoms with Crippen molar-refractivity contribution in [2.24, 2.45) is 0 Å². The Labute approximate surface area is 249 Å². The van der Waals surface area contributed by atoms with E-state index in [9.17, 15) is 0 Å². The number of nitrogens with one attached hydrogen (secondary N) is 1. The van der Waals surface area contributed by atoms with Crippen molar-refractivity contribution in [3.05, 3.63) is 99.5 Å². The first-order valence-corrected chi connectivity index (χ1v) is 13.7. The molecule has 0 amide bonds. The molecule has 0 saturated heterocycles. The van der Waals surface area contributed by atoms with Crippen LogP contribution in [0.1, 0.15) is 62.8 Å². The minimum Gasteiger partial charge on any atom is -1.00 e. The molecule has 4 aliphatic rings. The molecule has 1 N–H and O–H groups in total. The highest BCUT2D eigenvalue weighted by molar-refractivity contribution is 5.77. The van der Waals surface area contributed by atoms with Crippen molar-refractivity contribution in [3.8, 4) is 11.5 Å². The summed E-state index contributed by atoms with van der Waals surface area (Å²) in [4.78, 5) is 1.36. The molecule has 0 fully saturated rings. The lowest BCUT2D eigenvalue weighted by Gasteiger charge is -2.38. The van der Waals surface area contributed by atoms with E-state index in [0.29, 0.717) is 5.92 Å². The molecule has 0 bridgehead atoms. The third-order valence-corrected chi connectivity index (χ3v) is 7.81. The standard InChI is InChI=1S/C33H37NO4.HI/c1-20(2)22-9-7-21(8-10-22)15-26-24-11-12-28(35-6)32(38-33(3,4)5)27(24)18-34-14-13-23-16-29-30(37-19-36-29)17-25(23)31(26)34;/h7-12,16-18,20,32H,13-15,19H2,1-6H3;1H. The average Bonchev–Trinajstić information content (AvgIpc) is 3.34. The highest BCUT2D eigenvalue weighted by atomic mass is 127. The Morgan fingerprint density at radius 2 is 1.74 bits per heavy atom. The molecule has 2 atom stereocenters. The Kier molecular flexibility index (Phi) is 7.74. The number of quaternary nitrogens is 1. The minimum atomic E-state index is -0.315. The molecule has 6 rings (SSSR count). The van der Waals surface area contributed by atoms with Crippen LogP contribution in [0.15, 0.2) is 77.2 Å². The first-order valence-electron chi connectivity index (χ1n) is 13.7. The fourth-order valence-electron chi connectivity index (χ4n) is 5.94. The summed E-state index contributed by atoms with van der Waals surface area (Å²) in [5.74, 6) is 3.05. The lowest BCUT2D eigenvalue weighted by molar-refractivity contribution is -0.771. The summed E-state index contributed by atoms with van der Waals surface area (Å²) >= 11 is 0. The first kappa shape index (κ1) is 28.0. The molecule has 3 aliphatic heterocycles. The smallest absolute Gasteiger partial charge is 0.231 e. The van der Waals surface area contributed by atoms with Crippen LogP contribution in [-0.2, 0) is 22.3 Å². The summed E-state index contributed by atoms with van der Waals surface area (Å²) in [6.07, 6.45) is 8.23. The number of benzene rings is 2. The molecular weight excluding hydrogens is 601 g/mol. The highest BCUT2D eigenvalue weighted by Crippen LogP contribution is 2.43. The summed E-state index contributed by atoms with van der Waals surface area (Å²) in [5.41, 5.74) is 10.0. The zero-order valence-corrected chi connectivity index (χ0v) is 25.8. The highest BCUT2D eigenvalue weighted by Gasteiger charge is 2.41. The monoisotopic (exact) mass is 639 g/mol. The van der Waals surface area contributed by atoms with Gasteiger partial charge >= 0.3 is 0 Å². The third-order valence-electron chi connectivity index (χ3n) is 7.81. The van der Waals surface area contributed by atoms with E-state index in [2.05, 4.69) is 89.4 Å². The maximum atomic E-state index is 6.63. The van der Waals surface area contributed by atoms with E-state index in [-0.39, 0.29) is 42.5 Å². The van der Waals surface area contributed by atoms with Gasteiger partial charge in [0, 0.05) is 29.6 Å². The quantitative estimate of drug-likeness (QED) is 0.511. The molecule has 3 heterocycles. The zero-order valence-electron chi connectivity index (χ0n) is 23.7. The van der Waals surface area contributed by atoms with Crippen molar-refractivity contribution in [2.75, 3.05) is 20.4 Å². The third kappa shape index (κ3) is 5.31. The molecule has 5 nitrogen and oxygen atoms in total. The second kappa shape index (κ2) is 10.8. The Morgan fingerprint density at radius 3 is 2.41 bits per heavy atom. The van der Waals surface area contributed by atoms with Gasteiger partial charge in [-0.25, -0.2) is 0 Å². The van der Waals surface area contributed by atoms with Gasteiger partial charge in [0.25, 0.3) is 0 Å². The molecule has 2 unspecified atom stereocenters. The van der Waals surface area contributed by atoms with Crippen LogP contribution in [0, 0.1) is 0 Å². The lowest BCUT2D eigenvalue weighted by atomic mass is 9.79. The zero-order chi connectivity index (χ0) is 26.6. The molecule has 39 heavy (non-hydrogen) atoms. The van der Waals surface area contributed by atoms with Crippen molar-refractivity contribution in [1.82, 2.24) is 0 Å². The molecular formula is C33H38INO4. The SMILES string of the molecule is COC1=CC=C2C(=C[NH+]3CCc4cc5c(cc4C3=C2Cc2ccc(C(C)C)cc2)OCO5)C1OC(C)(C)C.[I-]. The molecule has 2 aromatic carbocycles. The number of allylic oxidation sites excluding steroid dienone is 3. The van der Waals surface area contributed by atoms with Crippen LogP contribution in [0.2, 0.25) is 0 Å². The van der Waals surface area contributed by atoms with Crippen LogP contribution < -0.4 is 38.4 Å². The van der Waals surface area contributed by atoms with Crippen LogP contribution in [0.4, 0.5) is 0 Å². The summed E-state index contributed by atoms with van der Waals surface area (Å²) < 4.78 is 24.0. The lowest BCUT2D eigenvalue weighted by Crippen LogP contribution is -3.06. The van der Waals surface area contributed by atoms with Crippen molar-refractivity contribution in [1.29, 1.82) is 0 Å². The molecule has 206 valence electrons. The number of hydrogen-bond donors (Lipinski definition) is 1. The Bertz CT molecular complexity index is 1390. The van der Waals surface area contributed by atoms with Crippen LogP contribution in [0.25, 0.3) is 5.70 Å². The summed E-state index contributed by atoms with van der Waals surface area (Å²) in [7, 11) is 1.73. The first-order chi connectivity index (χ1) is 18.2. The van der Waals surface area contributed by atoms with E-state index >= 15 is 0 Å². The van der Waals surface area contributed by atoms with E-state index in [1.54, 1.807) is 7.11 Å². The van der Waals surface area contributed by atoms with Gasteiger partial charge in [-0.15, -0.1) is 0 Å². The van der Waals surface area contributed by atoms with Gasteiger partial charge in [0.15, 0.2) is 11.5 Å². The van der Waals surface area contributed by atoms with E-state index < -0.39 is 0 Å². The number of methoxy groups -OCH3 is 1. The van der Waals surface area contributed by atoms with Gasteiger partial charge < -0.3 is 42.9 Å². The van der Waals surface area contributed by atoms with Gasteiger partial charge in [0.2, 0.25) is 6.79 Å². The van der Waals surface area contributed by atoms with Gasteiger partial charge in [0.1, 0.15) is 23.8 Å². The number of fused-ring (bicyclic) bond motifs is 5. The molecule has 0 saturated carbocycles. The number of ether oxygens (including phenoxy) is 4. The molecule has 6 heteroatoms. The van der Waals surface area contributed by atoms with Crippen molar-refractivity contribution in [3.63, 3.8) is 0 Å². The maximum Gasteiger partial charge on any atom is 0.231 e. The fraction of sp³-hybridized carbons (Fsp3) is 0.394. The van der Waals surface area contributed by atoms with Gasteiger partial charge in [0.05, 0.1) is 19.3 Å². The summed E-state index contributed by atoms with van der Waals surface area (Å²) in [6.45, 7) is 12.1. The molecule has 0 spiro atoms. The van der Waals surface area contributed by atoms with Gasteiger partial charge in [-0.1, -0.05) is 44.2 Å². The topological polar surface area (TPSA) is 41.4 Å². The Morgan fingerprint density at radius 1 is 1.03 bits per heavy atom. The molecule has 0 aromatic heterocycles. The van der Waals surface area contributed by atoms with Gasteiger partial charge in [-0.05, 0) is 67.2 Å². The summed E-state index contributed by atoms with van der Waals surface area (Å²) in [5, 5.41) is 0. The fourth-order valence-corrected chi connectivity index (χ4v) is 5.94. The predicted molar refractivity (Wildman–Crippen MR) is 149 cm³/mol. The molecule has 1 aliphatic carbocycles. The number of rotatable bonds is 5. The molecule has 0 radical (unpaired) electrons. The minimum absolute atomic E-state index is 0. The second-order valence-corrected chi connectivity index (χ2v) is 11.9. The van der Waals surface area contributed by atoms with Crippen LogP contribution in [0.3, 0.4) is 0 Å². The van der Waals surface area contributed by atoms with E-state index in [1.807, 2.05) is 0 Å². The normalized spacial score (nSPS) is 21.3. The Hall–Kier alpha value is -2.55. The summed E-state index contributed by atoms with van der Waals surface area (Å²) in [6, 6.07) is 13.5. The van der Waals surface area contributed by atoms with Crippen LogP contribution in [-0.4, -0.2) is 32.2 Å². The molecule has 2 aromatic rings. The largest absolute Gasteiger partial charge is 1.00 e. The number of hydrogen-bond acceptors (Lipinski definition) is 4. The number of halogens is 1. The van der Waals surface area contributed by atoms with E-state index in [1.165, 1.54) is 49.6 Å². The Balaban J connectivity index is 0.00000308. The van der Waals surface area contributed by atoms with E-state index in [0.717, 1.165) is 36.6 Å². The maximum absolute atomic E-state index is 6.63. The van der Waals surface area contributed by atoms with Crippen molar-refractivity contribution in [2.45, 2.75) is 65.1 Å².